The van der Waals surface area contributed by atoms with Crippen molar-refractivity contribution in [3.8, 4) is 22.3 Å². The zero-order valence-electron chi connectivity index (χ0n) is 16.0. The lowest BCUT2D eigenvalue weighted by atomic mass is 9.93. The largest absolute Gasteiger partial charge is 0.356 e. The van der Waals surface area contributed by atoms with Crippen molar-refractivity contribution in [2.24, 2.45) is 0 Å². The highest BCUT2D eigenvalue weighted by atomic mass is 16.1. The van der Waals surface area contributed by atoms with E-state index in [2.05, 4.69) is 84.2 Å². The van der Waals surface area contributed by atoms with E-state index in [0.717, 1.165) is 6.42 Å². The van der Waals surface area contributed by atoms with Crippen molar-refractivity contribution in [1.82, 2.24) is 5.32 Å². The minimum atomic E-state index is 0.00786. The average Bonchev–Trinajstić information content (AvgIpc) is 2.74. The third kappa shape index (κ3) is 3.96. The summed E-state index contributed by atoms with van der Waals surface area (Å²) in [6, 6.07) is 32.0. The van der Waals surface area contributed by atoms with Crippen LogP contribution in [0.4, 0.5) is 0 Å². The van der Waals surface area contributed by atoms with Crippen LogP contribution >= 0.6 is 0 Å². The van der Waals surface area contributed by atoms with E-state index in [1.165, 1.54) is 38.6 Å². The van der Waals surface area contributed by atoms with Crippen molar-refractivity contribution in [3.63, 3.8) is 0 Å². The summed E-state index contributed by atoms with van der Waals surface area (Å²) in [5, 5.41) is 5.39. The normalized spacial score (nSPS) is 10.8. The molecule has 0 atom stereocenters. The predicted octanol–water partition coefficient (Wildman–Crippen LogP) is 5.85. The maximum absolute atomic E-state index is 11.3. The molecule has 28 heavy (non-hydrogen) atoms. The Morgan fingerprint density at radius 3 is 2.00 bits per heavy atom. The van der Waals surface area contributed by atoms with E-state index in [1.807, 2.05) is 12.1 Å². The van der Waals surface area contributed by atoms with Crippen molar-refractivity contribution < 1.29 is 4.79 Å². The lowest BCUT2D eigenvalue weighted by Gasteiger charge is -2.13. The maximum atomic E-state index is 11.3. The van der Waals surface area contributed by atoms with E-state index in [4.69, 9.17) is 0 Å². The van der Waals surface area contributed by atoms with E-state index < -0.39 is 0 Å². The highest BCUT2D eigenvalue weighted by molar-refractivity contribution is 5.93. The van der Waals surface area contributed by atoms with Gasteiger partial charge in [0.2, 0.25) is 5.91 Å². The molecular formula is C26H23NO. The molecule has 0 aliphatic carbocycles. The van der Waals surface area contributed by atoms with Crippen LogP contribution in [0.25, 0.3) is 33.0 Å². The van der Waals surface area contributed by atoms with Crippen LogP contribution in [0.2, 0.25) is 0 Å². The van der Waals surface area contributed by atoms with Crippen LogP contribution in [0.1, 0.15) is 12.5 Å². The number of carbonyl (C=O) groups excluding carboxylic acids is 1. The topological polar surface area (TPSA) is 29.1 Å². The van der Waals surface area contributed by atoms with Crippen molar-refractivity contribution in [3.05, 3.63) is 96.6 Å². The van der Waals surface area contributed by atoms with Gasteiger partial charge in [0.15, 0.2) is 0 Å². The van der Waals surface area contributed by atoms with Gasteiger partial charge in [-0.25, -0.2) is 0 Å². The fraction of sp³-hybridized carbons (Fsp3) is 0.115. The molecule has 0 fully saturated rings. The number of hydrogen-bond acceptors (Lipinski definition) is 1. The van der Waals surface area contributed by atoms with Crippen LogP contribution in [0.5, 0.6) is 0 Å². The smallest absolute Gasteiger partial charge is 0.216 e. The SMILES string of the molecule is CC(=O)NCCc1cc(-c2ccccc2)cc2ccc(-c3ccccc3)cc12. The molecule has 0 unspecified atom stereocenters. The summed E-state index contributed by atoms with van der Waals surface area (Å²) < 4.78 is 0. The Bertz CT molecular complexity index is 1100. The van der Waals surface area contributed by atoms with Gasteiger partial charge >= 0.3 is 0 Å². The standard InChI is InChI=1S/C26H23NO/c1-19(28)27-15-14-24-17-25(21-10-6-3-7-11-21)16-23-13-12-22(18-26(23)24)20-8-4-2-5-9-20/h2-13,16-18H,14-15H2,1H3,(H,27,28). The predicted molar refractivity (Wildman–Crippen MR) is 117 cm³/mol. The number of rotatable bonds is 5. The van der Waals surface area contributed by atoms with Gasteiger partial charge < -0.3 is 5.32 Å². The lowest BCUT2D eigenvalue weighted by Crippen LogP contribution is -2.22. The summed E-state index contributed by atoms with van der Waals surface area (Å²) in [5.41, 5.74) is 6.09. The van der Waals surface area contributed by atoms with Gasteiger partial charge in [-0.1, -0.05) is 78.9 Å². The molecular weight excluding hydrogens is 342 g/mol. The average molecular weight is 365 g/mol. The van der Waals surface area contributed by atoms with Gasteiger partial charge in [0.1, 0.15) is 0 Å². The molecule has 2 nitrogen and oxygen atoms in total. The van der Waals surface area contributed by atoms with Crippen molar-refractivity contribution in [2.45, 2.75) is 13.3 Å². The molecule has 0 radical (unpaired) electrons. The van der Waals surface area contributed by atoms with Crippen LogP contribution in [-0.2, 0) is 11.2 Å². The molecule has 4 aromatic rings. The summed E-state index contributed by atoms with van der Waals surface area (Å²) in [6.45, 7) is 2.20. The van der Waals surface area contributed by atoms with E-state index in [9.17, 15) is 4.79 Å². The first-order chi connectivity index (χ1) is 13.7. The van der Waals surface area contributed by atoms with Crippen LogP contribution in [0.3, 0.4) is 0 Å². The first-order valence-corrected chi connectivity index (χ1v) is 9.63. The van der Waals surface area contributed by atoms with Crippen molar-refractivity contribution in [2.75, 3.05) is 6.54 Å². The van der Waals surface area contributed by atoms with Gasteiger partial charge in [0.25, 0.3) is 0 Å². The van der Waals surface area contributed by atoms with Gasteiger partial charge in [-0.2, -0.15) is 0 Å². The zero-order valence-corrected chi connectivity index (χ0v) is 16.0. The summed E-state index contributed by atoms with van der Waals surface area (Å²) in [4.78, 5) is 11.3. The molecule has 4 rings (SSSR count). The van der Waals surface area contributed by atoms with Crippen LogP contribution in [0.15, 0.2) is 91.0 Å². The second-order valence-electron chi connectivity index (χ2n) is 7.04. The Balaban J connectivity index is 1.81. The molecule has 2 heteroatoms. The number of fused-ring (bicyclic) bond motifs is 1. The third-order valence-electron chi connectivity index (χ3n) is 5.02. The molecule has 0 aliphatic rings. The van der Waals surface area contributed by atoms with Crippen molar-refractivity contribution in [1.29, 1.82) is 0 Å². The first-order valence-electron chi connectivity index (χ1n) is 9.63. The zero-order chi connectivity index (χ0) is 19.3. The molecule has 0 aliphatic heterocycles. The Labute approximate surface area is 165 Å². The van der Waals surface area contributed by atoms with Gasteiger partial charge in [-0.3, -0.25) is 4.79 Å². The summed E-state index contributed by atoms with van der Waals surface area (Å²) in [6.07, 6.45) is 0.801. The molecule has 0 heterocycles. The summed E-state index contributed by atoms with van der Waals surface area (Å²) >= 11 is 0. The van der Waals surface area contributed by atoms with Crippen molar-refractivity contribution >= 4 is 16.7 Å². The third-order valence-corrected chi connectivity index (χ3v) is 5.02. The molecule has 0 bridgehead atoms. The van der Waals surface area contributed by atoms with Gasteiger partial charge in [0, 0.05) is 13.5 Å². The number of nitrogens with one attached hydrogen (secondary N) is 1. The van der Waals surface area contributed by atoms with Crippen LogP contribution < -0.4 is 5.32 Å². The fourth-order valence-corrected chi connectivity index (χ4v) is 3.62. The fourth-order valence-electron chi connectivity index (χ4n) is 3.62. The Morgan fingerprint density at radius 2 is 1.36 bits per heavy atom. The molecule has 1 amide bonds. The van der Waals surface area contributed by atoms with E-state index in [1.54, 1.807) is 6.92 Å². The Hall–Kier alpha value is -3.39. The Kier molecular flexibility index (Phi) is 5.20. The molecule has 0 saturated carbocycles. The van der Waals surface area contributed by atoms with Gasteiger partial charge in [-0.15, -0.1) is 0 Å². The second kappa shape index (κ2) is 8.10. The van der Waals surface area contributed by atoms with Gasteiger partial charge in [-0.05, 0) is 57.1 Å². The van der Waals surface area contributed by atoms with Gasteiger partial charge in [0.05, 0.1) is 0 Å². The minimum absolute atomic E-state index is 0.00786. The number of benzene rings is 4. The minimum Gasteiger partial charge on any atom is -0.356 e. The molecule has 138 valence electrons. The molecule has 1 N–H and O–H groups in total. The summed E-state index contributed by atoms with van der Waals surface area (Å²) in [7, 11) is 0. The summed E-state index contributed by atoms with van der Waals surface area (Å²) in [5.74, 6) is 0.00786. The highest BCUT2D eigenvalue weighted by Gasteiger charge is 2.08. The first kappa shape index (κ1) is 18.0. The lowest BCUT2D eigenvalue weighted by molar-refractivity contribution is -0.118. The monoisotopic (exact) mass is 365 g/mol. The van der Waals surface area contributed by atoms with E-state index in [0.29, 0.717) is 6.54 Å². The van der Waals surface area contributed by atoms with Crippen LogP contribution in [-0.4, -0.2) is 12.5 Å². The number of amides is 1. The van der Waals surface area contributed by atoms with Crippen LogP contribution in [0, 0.1) is 0 Å². The van der Waals surface area contributed by atoms with E-state index in [-0.39, 0.29) is 5.91 Å². The molecule has 4 aromatic carbocycles. The maximum Gasteiger partial charge on any atom is 0.216 e. The molecule has 0 spiro atoms. The quantitative estimate of drug-likeness (QED) is 0.472. The van der Waals surface area contributed by atoms with E-state index >= 15 is 0 Å². The number of hydrogen-bond donors (Lipinski definition) is 1. The second-order valence-corrected chi connectivity index (χ2v) is 7.04. The number of carbonyl (C=O) groups is 1. The highest BCUT2D eigenvalue weighted by Crippen LogP contribution is 2.31. The molecule has 0 saturated heterocycles. The molecule has 0 aromatic heterocycles. The Morgan fingerprint density at radius 1 is 0.714 bits per heavy atom.